The SMILES string of the molecule is Cc1c(N(C)C(=O)Cn2nc(-c3cc(Cl)cc(C#N)c3)c3occc3c2=O)ccc2c1OC(F)(F)O2. The number of furan rings is 1. The molecule has 0 saturated carbocycles. The molecule has 3 heterocycles. The summed E-state index contributed by atoms with van der Waals surface area (Å²) < 4.78 is 42.4. The van der Waals surface area contributed by atoms with Gasteiger partial charge in [0, 0.05) is 23.2 Å². The summed E-state index contributed by atoms with van der Waals surface area (Å²) in [6.45, 7) is 1.04. The molecule has 182 valence electrons. The number of carbonyl (C=O) groups is 1. The highest BCUT2D eigenvalue weighted by molar-refractivity contribution is 6.31. The van der Waals surface area contributed by atoms with Crippen molar-refractivity contribution < 1.29 is 27.5 Å². The summed E-state index contributed by atoms with van der Waals surface area (Å²) in [5, 5.41) is 14.1. The molecule has 0 radical (unpaired) electrons. The summed E-state index contributed by atoms with van der Waals surface area (Å²) in [5.74, 6) is -0.881. The van der Waals surface area contributed by atoms with E-state index >= 15 is 0 Å². The molecule has 0 unspecified atom stereocenters. The standard InChI is InChI=1S/C24H15ClF2N4O5/c1-12-17(3-4-18-21(12)36-24(26,27)35-18)30(2)19(32)11-31-23(33)16-5-6-34-22(16)20(29-31)14-7-13(10-28)8-15(25)9-14/h3-9H,11H2,1-2H3. The maximum absolute atomic E-state index is 13.5. The molecular weight excluding hydrogens is 498 g/mol. The Labute approximate surface area is 206 Å². The molecule has 0 aliphatic carbocycles. The number of likely N-dealkylation sites (N-methyl/N-ethyl adjacent to an activating group) is 1. The number of ether oxygens (including phenoxy) is 2. The molecule has 9 nitrogen and oxygen atoms in total. The molecule has 0 fully saturated rings. The summed E-state index contributed by atoms with van der Waals surface area (Å²) in [6, 6.07) is 10.7. The van der Waals surface area contributed by atoms with Gasteiger partial charge in [0.2, 0.25) is 5.91 Å². The fraction of sp³-hybridized carbons (Fsp3) is 0.167. The zero-order valence-electron chi connectivity index (χ0n) is 18.7. The summed E-state index contributed by atoms with van der Waals surface area (Å²) in [7, 11) is 1.43. The maximum Gasteiger partial charge on any atom is 0.586 e. The van der Waals surface area contributed by atoms with E-state index in [1.165, 1.54) is 55.5 Å². The molecule has 0 bridgehead atoms. The van der Waals surface area contributed by atoms with Gasteiger partial charge in [-0.15, -0.1) is 8.78 Å². The van der Waals surface area contributed by atoms with Crippen LogP contribution in [-0.4, -0.2) is 29.0 Å². The number of carbonyl (C=O) groups excluding carboxylic acids is 1. The molecule has 1 aliphatic heterocycles. The van der Waals surface area contributed by atoms with E-state index in [9.17, 15) is 23.6 Å². The molecule has 0 spiro atoms. The minimum Gasteiger partial charge on any atom is -0.462 e. The van der Waals surface area contributed by atoms with Crippen LogP contribution in [0, 0.1) is 18.3 Å². The first-order valence-electron chi connectivity index (χ1n) is 10.4. The van der Waals surface area contributed by atoms with Gasteiger partial charge in [-0.3, -0.25) is 9.59 Å². The molecule has 1 amide bonds. The number of hydrogen-bond acceptors (Lipinski definition) is 7. The zero-order valence-corrected chi connectivity index (χ0v) is 19.5. The van der Waals surface area contributed by atoms with Gasteiger partial charge < -0.3 is 18.8 Å². The second kappa shape index (κ2) is 8.35. The van der Waals surface area contributed by atoms with E-state index in [1.807, 2.05) is 6.07 Å². The summed E-state index contributed by atoms with van der Waals surface area (Å²) in [5.41, 5.74) is 1.05. The van der Waals surface area contributed by atoms with Crippen molar-refractivity contribution >= 4 is 34.2 Å². The summed E-state index contributed by atoms with van der Waals surface area (Å²) in [6.07, 6.45) is -2.48. The predicted molar refractivity (Wildman–Crippen MR) is 124 cm³/mol. The number of anilines is 1. The Morgan fingerprint density at radius 1 is 1.25 bits per heavy atom. The number of rotatable bonds is 4. The van der Waals surface area contributed by atoms with Gasteiger partial charge in [0.15, 0.2) is 17.1 Å². The molecular formula is C24H15ClF2N4O5. The minimum atomic E-state index is -3.80. The van der Waals surface area contributed by atoms with E-state index in [1.54, 1.807) is 6.07 Å². The van der Waals surface area contributed by atoms with E-state index in [0.29, 0.717) is 5.56 Å². The van der Waals surface area contributed by atoms with Crippen LogP contribution >= 0.6 is 11.6 Å². The highest BCUT2D eigenvalue weighted by atomic mass is 35.5. The fourth-order valence-corrected chi connectivity index (χ4v) is 4.20. The van der Waals surface area contributed by atoms with Crippen LogP contribution in [0.2, 0.25) is 5.02 Å². The van der Waals surface area contributed by atoms with Crippen molar-refractivity contribution in [3.63, 3.8) is 0 Å². The molecule has 2 aromatic carbocycles. The van der Waals surface area contributed by atoms with Crippen LogP contribution in [0.15, 0.2) is 51.9 Å². The van der Waals surface area contributed by atoms with Gasteiger partial charge >= 0.3 is 6.29 Å². The smallest absolute Gasteiger partial charge is 0.462 e. The van der Waals surface area contributed by atoms with Crippen molar-refractivity contribution in [2.45, 2.75) is 19.8 Å². The van der Waals surface area contributed by atoms with E-state index in [2.05, 4.69) is 14.6 Å². The van der Waals surface area contributed by atoms with Crippen molar-refractivity contribution in [3.05, 3.63) is 69.2 Å². The number of benzene rings is 2. The van der Waals surface area contributed by atoms with E-state index < -0.39 is 24.3 Å². The first kappa shape index (κ1) is 23.3. The van der Waals surface area contributed by atoms with E-state index in [-0.39, 0.29) is 50.0 Å². The lowest BCUT2D eigenvalue weighted by atomic mass is 10.1. The second-order valence-corrected chi connectivity index (χ2v) is 8.41. The molecule has 0 atom stereocenters. The number of amides is 1. The molecule has 2 aromatic heterocycles. The highest BCUT2D eigenvalue weighted by Crippen LogP contribution is 2.46. The van der Waals surface area contributed by atoms with Crippen LogP contribution in [0.1, 0.15) is 11.1 Å². The van der Waals surface area contributed by atoms with Crippen molar-refractivity contribution in [1.29, 1.82) is 5.26 Å². The number of nitrogens with zero attached hydrogens (tertiary/aromatic N) is 4. The lowest BCUT2D eigenvalue weighted by Gasteiger charge is -2.20. The highest BCUT2D eigenvalue weighted by Gasteiger charge is 2.44. The Kier molecular flexibility index (Phi) is 5.41. The lowest BCUT2D eigenvalue weighted by molar-refractivity contribution is -0.286. The van der Waals surface area contributed by atoms with Gasteiger partial charge in [0.05, 0.1) is 29.0 Å². The number of nitriles is 1. The van der Waals surface area contributed by atoms with Crippen molar-refractivity contribution in [2.24, 2.45) is 0 Å². The van der Waals surface area contributed by atoms with Crippen LogP contribution in [0.25, 0.3) is 22.2 Å². The normalized spacial score (nSPS) is 13.6. The Morgan fingerprint density at radius 3 is 2.78 bits per heavy atom. The Hall–Kier alpha value is -4.43. The largest absolute Gasteiger partial charge is 0.586 e. The van der Waals surface area contributed by atoms with Gasteiger partial charge in [0.25, 0.3) is 5.56 Å². The Balaban J connectivity index is 1.52. The van der Waals surface area contributed by atoms with Gasteiger partial charge in [-0.1, -0.05) is 11.6 Å². The lowest BCUT2D eigenvalue weighted by Crippen LogP contribution is -2.35. The fourth-order valence-electron chi connectivity index (χ4n) is 3.96. The second-order valence-electron chi connectivity index (χ2n) is 7.97. The van der Waals surface area contributed by atoms with Crippen molar-refractivity contribution in [3.8, 4) is 28.8 Å². The third-order valence-corrected chi connectivity index (χ3v) is 5.90. The topological polar surface area (TPSA) is 111 Å². The average Bonchev–Trinajstić information content (AvgIpc) is 3.44. The van der Waals surface area contributed by atoms with Crippen LogP contribution in [0.5, 0.6) is 11.5 Å². The minimum absolute atomic E-state index is 0.145. The predicted octanol–water partition coefficient (Wildman–Crippen LogP) is 4.47. The quantitative estimate of drug-likeness (QED) is 0.396. The average molecular weight is 513 g/mol. The first-order valence-corrected chi connectivity index (χ1v) is 10.8. The summed E-state index contributed by atoms with van der Waals surface area (Å²) in [4.78, 5) is 27.4. The first-order chi connectivity index (χ1) is 17.1. The number of hydrogen-bond donors (Lipinski definition) is 0. The van der Waals surface area contributed by atoms with E-state index in [0.717, 1.165) is 4.68 Å². The molecule has 5 rings (SSSR count). The van der Waals surface area contributed by atoms with Crippen molar-refractivity contribution in [2.75, 3.05) is 11.9 Å². The maximum atomic E-state index is 13.5. The van der Waals surface area contributed by atoms with Crippen LogP contribution in [0.4, 0.5) is 14.5 Å². The Bertz CT molecular complexity index is 1660. The van der Waals surface area contributed by atoms with E-state index in [4.69, 9.17) is 16.0 Å². The molecule has 36 heavy (non-hydrogen) atoms. The van der Waals surface area contributed by atoms with Crippen molar-refractivity contribution in [1.82, 2.24) is 9.78 Å². The monoisotopic (exact) mass is 512 g/mol. The van der Waals surface area contributed by atoms with Gasteiger partial charge in [0.1, 0.15) is 12.2 Å². The molecule has 0 saturated heterocycles. The Morgan fingerprint density at radius 2 is 2.03 bits per heavy atom. The van der Waals surface area contributed by atoms with Crippen LogP contribution in [0.3, 0.4) is 0 Å². The van der Waals surface area contributed by atoms with Gasteiger partial charge in [-0.05, 0) is 43.3 Å². The van der Waals surface area contributed by atoms with Crippen LogP contribution < -0.4 is 19.9 Å². The zero-order chi connectivity index (χ0) is 25.8. The number of fused-ring (bicyclic) bond motifs is 2. The third kappa shape index (κ3) is 3.91. The summed E-state index contributed by atoms with van der Waals surface area (Å²) >= 11 is 6.14. The van der Waals surface area contributed by atoms with Crippen LogP contribution in [-0.2, 0) is 11.3 Å². The van der Waals surface area contributed by atoms with Gasteiger partial charge in [-0.25, -0.2) is 4.68 Å². The molecule has 12 heteroatoms. The third-order valence-electron chi connectivity index (χ3n) is 5.68. The number of halogens is 3. The number of aromatic nitrogens is 2. The molecule has 0 N–H and O–H groups in total. The van der Waals surface area contributed by atoms with Gasteiger partial charge in [-0.2, -0.15) is 10.4 Å². The number of alkyl halides is 2. The molecule has 4 aromatic rings. The molecule has 1 aliphatic rings.